The molecule has 1 rings (SSSR count). The van der Waals surface area contributed by atoms with Crippen LogP contribution in [-0.2, 0) is 4.79 Å². The third kappa shape index (κ3) is 5.47. The van der Waals surface area contributed by atoms with Gasteiger partial charge in [0, 0.05) is 19.1 Å². The summed E-state index contributed by atoms with van der Waals surface area (Å²) in [4.78, 5) is 13.7. The normalized spacial score (nSPS) is 16.9. The second-order valence-electron chi connectivity index (χ2n) is 4.61. The van der Waals surface area contributed by atoms with Crippen LogP contribution in [0.25, 0.3) is 0 Å². The van der Waals surface area contributed by atoms with Crippen LogP contribution in [0.1, 0.15) is 32.6 Å². The van der Waals surface area contributed by atoms with E-state index in [2.05, 4.69) is 29.5 Å². The highest BCUT2D eigenvalue weighted by atomic mass is 16.1. The molecule has 0 spiro atoms. The number of rotatable bonds is 7. The van der Waals surface area contributed by atoms with Gasteiger partial charge in [0.1, 0.15) is 0 Å². The molecule has 4 nitrogen and oxygen atoms in total. The summed E-state index contributed by atoms with van der Waals surface area (Å²) in [6.07, 6.45) is 5.07. The van der Waals surface area contributed by atoms with Crippen LogP contribution < -0.4 is 10.6 Å². The highest BCUT2D eigenvalue weighted by Gasteiger charge is 2.14. The van der Waals surface area contributed by atoms with E-state index in [9.17, 15) is 4.79 Å². The van der Waals surface area contributed by atoms with Crippen LogP contribution in [0.15, 0.2) is 0 Å². The third-order valence-electron chi connectivity index (χ3n) is 3.26. The maximum Gasteiger partial charge on any atom is 0.234 e. The Bertz CT molecular complexity index is 202. The van der Waals surface area contributed by atoms with E-state index in [0.717, 1.165) is 19.6 Å². The molecule has 0 bridgehead atoms. The highest BCUT2D eigenvalue weighted by molar-refractivity contribution is 5.77. The molecule has 1 aliphatic rings. The van der Waals surface area contributed by atoms with Gasteiger partial charge in [-0.2, -0.15) is 0 Å². The molecule has 94 valence electrons. The summed E-state index contributed by atoms with van der Waals surface area (Å²) in [7, 11) is 2.06. The van der Waals surface area contributed by atoms with E-state index in [0.29, 0.717) is 12.6 Å². The first-order valence-electron chi connectivity index (χ1n) is 6.41. The van der Waals surface area contributed by atoms with Gasteiger partial charge >= 0.3 is 0 Å². The molecule has 16 heavy (non-hydrogen) atoms. The summed E-state index contributed by atoms with van der Waals surface area (Å²) in [5.74, 6) is 0.122. The SMILES string of the molecule is CCN(C)CCNC(=O)CNC1CCCC1. The minimum absolute atomic E-state index is 0.122. The molecule has 1 saturated carbocycles. The van der Waals surface area contributed by atoms with Crippen molar-refractivity contribution in [3.63, 3.8) is 0 Å². The Labute approximate surface area is 98.8 Å². The van der Waals surface area contributed by atoms with Crippen LogP contribution in [0.5, 0.6) is 0 Å². The lowest BCUT2D eigenvalue weighted by Gasteiger charge is -2.15. The Morgan fingerprint density at radius 1 is 1.38 bits per heavy atom. The van der Waals surface area contributed by atoms with Gasteiger partial charge in [0.2, 0.25) is 5.91 Å². The van der Waals surface area contributed by atoms with E-state index in [4.69, 9.17) is 0 Å². The minimum Gasteiger partial charge on any atom is -0.354 e. The molecule has 1 aliphatic carbocycles. The molecule has 0 radical (unpaired) electrons. The van der Waals surface area contributed by atoms with Crippen LogP contribution in [0.4, 0.5) is 0 Å². The number of hydrogen-bond acceptors (Lipinski definition) is 3. The fraction of sp³-hybridized carbons (Fsp3) is 0.917. The topological polar surface area (TPSA) is 44.4 Å². The first kappa shape index (κ1) is 13.5. The van der Waals surface area contributed by atoms with Crippen molar-refractivity contribution in [3.05, 3.63) is 0 Å². The van der Waals surface area contributed by atoms with Crippen molar-refractivity contribution < 1.29 is 4.79 Å². The van der Waals surface area contributed by atoms with Crippen molar-refractivity contribution in [2.75, 3.05) is 33.2 Å². The summed E-state index contributed by atoms with van der Waals surface area (Å²) < 4.78 is 0. The Balaban J connectivity index is 1.97. The molecule has 0 aliphatic heterocycles. The molecule has 4 heteroatoms. The predicted octanol–water partition coefficient (Wildman–Crippen LogP) is 0.587. The largest absolute Gasteiger partial charge is 0.354 e. The standard InChI is InChI=1S/C12H25N3O/c1-3-15(2)9-8-13-12(16)10-14-11-6-4-5-7-11/h11,14H,3-10H2,1-2H3,(H,13,16). The number of nitrogens with one attached hydrogen (secondary N) is 2. The number of carbonyl (C=O) groups is 1. The van der Waals surface area contributed by atoms with Crippen LogP contribution >= 0.6 is 0 Å². The minimum atomic E-state index is 0.122. The molecule has 0 saturated heterocycles. The van der Waals surface area contributed by atoms with E-state index in [1.54, 1.807) is 0 Å². The molecule has 0 aromatic carbocycles. The Kier molecular flexibility index (Phi) is 6.42. The van der Waals surface area contributed by atoms with Gasteiger partial charge in [-0.25, -0.2) is 0 Å². The van der Waals surface area contributed by atoms with Gasteiger partial charge < -0.3 is 15.5 Å². The van der Waals surface area contributed by atoms with Crippen molar-refractivity contribution in [3.8, 4) is 0 Å². The number of hydrogen-bond donors (Lipinski definition) is 2. The molecular formula is C12H25N3O. The molecule has 1 amide bonds. The van der Waals surface area contributed by atoms with Crippen molar-refractivity contribution in [2.24, 2.45) is 0 Å². The molecule has 0 heterocycles. The quantitative estimate of drug-likeness (QED) is 0.669. The first-order chi connectivity index (χ1) is 7.72. The Morgan fingerprint density at radius 3 is 2.69 bits per heavy atom. The van der Waals surface area contributed by atoms with E-state index >= 15 is 0 Å². The number of amides is 1. The summed E-state index contributed by atoms with van der Waals surface area (Å²) in [5.41, 5.74) is 0. The average Bonchev–Trinajstić information content (AvgIpc) is 2.79. The maximum absolute atomic E-state index is 11.5. The zero-order valence-corrected chi connectivity index (χ0v) is 10.6. The summed E-state index contributed by atoms with van der Waals surface area (Å²) in [6, 6.07) is 0.573. The van der Waals surface area contributed by atoms with Crippen LogP contribution in [0.2, 0.25) is 0 Å². The maximum atomic E-state index is 11.5. The van der Waals surface area contributed by atoms with Crippen molar-refractivity contribution >= 4 is 5.91 Å². The van der Waals surface area contributed by atoms with Gasteiger partial charge in [0.25, 0.3) is 0 Å². The second-order valence-corrected chi connectivity index (χ2v) is 4.61. The van der Waals surface area contributed by atoms with Gasteiger partial charge in [0.05, 0.1) is 6.54 Å². The van der Waals surface area contributed by atoms with E-state index in [1.165, 1.54) is 25.7 Å². The number of likely N-dealkylation sites (N-methyl/N-ethyl adjacent to an activating group) is 1. The van der Waals surface area contributed by atoms with Crippen LogP contribution in [0.3, 0.4) is 0 Å². The van der Waals surface area contributed by atoms with Crippen LogP contribution in [0, 0.1) is 0 Å². The van der Waals surface area contributed by atoms with Crippen molar-refractivity contribution in [2.45, 2.75) is 38.6 Å². The van der Waals surface area contributed by atoms with E-state index in [1.807, 2.05) is 0 Å². The molecule has 0 aromatic heterocycles. The zero-order valence-electron chi connectivity index (χ0n) is 10.6. The smallest absolute Gasteiger partial charge is 0.234 e. The lowest BCUT2D eigenvalue weighted by Crippen LogP contribution is -2.40. The monoisotopic (exact) mass is 227 g/mol. The molecular weight excluding hydrogens is 202 g/mol. The number of carbonyl (C=O) groups excluding carboxylic acids is 1. The summed E-state index contributed by atoms with van der Waals surface area (Å²) >= 11 is 0. The Hall–Kier alpha value is -0.610. The van der Waals surface area contributed by atoms with E-state index < -0.39 is 0 Å². The molecule has 1 fully saturated rings. The average molecular weight is 227 g/mol. The van der Waals surface area contributed by atoms with Crippen molar-refractivity contribution in [1.82, 2.24) is 15.5 Å². The molecule has 2 N–H and O–H groups in total. The van der Waals surface area contributed by atoms with E-state index in [-0.39, 0.29) is 5.91 Å². The lowest BCUT2D eigenvalue weighted by atomic mass is 10.2. The zero-order chi connectivity index (χ0) is 11.8. The van der Waals surface area contributed by atoms with Crippen LogP contribution in [-0.4, -0.2) is 50.1 Å². The summed E-state index contributed by atoms with van der Waals surface area (Å²) in [6.45, 7) is 5.28. The fourth-order valence-corrected chi connectivity index (χ4v) is 1.97. The lowest BCUT2D eigenvalue weighted by molar-refractivity contribution is -0.120. The first-order valence-corrected chi connectivity index (χ1v) is 6.41. The Morgan fingerprint density at radius 2 is 2.06 bits per heavy atom. The van der Waals surface area contributed by atoms with Gasteiger partial charge in [-0.05, 0) is 26.4 Å². The van der Waals surface area contributed by atoms with Gasteiger partial charge in [0.15, 0.2) is 0 Å². The molecule has 0 atom stereocenters. The molecule has 0 unspecified atom stereocenters. The predicted molar refractivity (Wildman–Crippen MR) is 66.4 cm³/mol. The third-order valence-corrected chi connectivity index (χ3v) is 3.26. The summed E-state index contributed by atoms with van der Waals surface area (Å²) in [5, 5.41) is 6.24. The second kappa shape index (κ2) is 7.63. The van der Waals surface area contributed by atoms with Crippen molar-refractivity contribution in [1.29, 1.82) is 0 Å². The van der Waals surface area contributed by atoms with Gasteiger partial charge in [-0.15, -0.1) is 0 Å². The van der Waals surface area contributed by atoms with Gasteiger partial charge in [-0.1, -0.05) is 19.8 Å². The van der Waals surface area contributed by atoms with Gasteiger partial charge in [-0.3, -0.25) is 4.79 Å². The molecule has 0 aromatic rings. The fourth-order valence-electron chi connectivity index (χ4n) is 1.97. The highest BCUT2D eigenvalue weighted by Crippen LogP contribution is 2.16. The number of nitrogens with zero attached hydrogens (tertiary/aromatic N) is 1.